The van der Waals surface area contributed by atoms with Crippen LogP contribution in [-0.2, 0) is 11.0 Å². The van der Waals surface area contributed by atoms with Crippen LogP contribution in [0.5, 0.6) is 11.6 Å². The molecule has 1 amide bonds. The third-order valence-corrected chi connectivity index (χ3v) is 5.88. The van der Waals surface area contributed by atoms with Gasteiger partial charge in [-0.1, -0.05) is 6.07 Å². The Bertz CT molecular complexity index is 1240. The Labute approximate surface area is 192 Å². The molecule has 0 spiro atoms. The number of alkyl halides is 4. The standard InChI is InChI=1S/C24H21F4N3O3/c1-31(2)22(33)23(10-9-16(25)12-23)21(32)19-6-3-14-11-17(5-7-18(14)30-19)34-20-8-4-15(13-29-20)24(26,27)28/h3-8,11,13,16H,9-10,12H2,1-2H3/t16-,23?/m1/s1. The van der Waals surface area contributed by atoms with E-state index < -0.39 is 35.0 Å². The average molecular weight is 475 g/mol. The normalized spacial score (nSPS) is 20.4. The summed E-state index contributed by atoms with van der Waals surface area (Å²) in [5.41, 5.74) is -1.84. The molecule has 1 fully saturated rings. The summed E-state index contributed by atoms with van der Waals surface area (Å²) >= 11 is 0. The van der Waals surface area contributed by atoms with Gasteiger partial charge in [0.2, 0.25) is 11.8 Å². The molecule has 6 nitrogen and oxygen atoms in total. The average Bonchev–Trinajstić information content (AvgIpc) is 3.20. The predicted molar refractivity (Wildman–Crippen MR) is 115 cm³/mol. The number of amides is 1. The second kappa shape index (κ2) is 8.66. The maximum Gasteiger partial charge on any atom is 0.417 e. The van der Waals surface area contributed by atoms with Gasteiger partial charge in [0.1, 0.15) is 23.0 Å². The summed E-state index contributed by atoms with van der Waals surface area (Å²) in [4.78, 5) is 35.5. The Hall–Kier alpha value is -3.56. The Morgan fingerprint density at radius 1 is 1.12 bits per heavy atom. The molecule has 0 N–H and O–H groups in total. The van der Waals surface area contributed by atoms with Gasteiger partial charge in [0.15, 0.2) is 5.78 Å². The van der Waals surface area contributed by atoms with Gasteiger partial charge in [-0.25, -0.2) is 14.4 Å². The van der Waals surface area contributed by atoms with Gasteiger partial charge in [-0.3, -0.25) is 9.59 Å². The van der Waals surface area contributed by atoms with Crippen molar-refractivity contribution in [1.29, 1.82) is 0 Å². The highest BCUT2D eigenvalue weighted by molar-refractivity contribution is 6.13. The molecule has 3 aromatic rings. The fraction of sp³-hybridized carbons (Fsp3) is 0.333. The molecule has 0 bridgehead atoms. The maximum absolute atomic E-state index is 14.1. The molecular formula is C24H21F4N3O3. The van der Waals surface area contributed by atoms with Crippen molar-refractivity contribution < 1.29 is 31.9 Å². The van der Waals surface area contributed by atoms with Crippen molar-refractivity contribution >= 4 is 22.6 Å². The highest BCUT2D eigenvalue weighted by Gasteiger charge is 2.52. The summed E-state index contributed by atoms with van der Waals surface area (Å²) in [5.74, 6) is -0.649. The minimum Gasteiger partial charge on any atom is -0.439 e. The number of hydrogen-bond acceptors (Lipinski definition) is 5. The number of rotatable bonds is 5. The van der Waals surface area contributed by atoms with Gasteiger partial charge in [0.25, 0.3) is 0 Å². The molecule has 1 aliphatic rings. The number of ether oxygens (including phenoxy) is 1. The number of aromatic nitrogens is 2. The molecule has 2 atom stereocenters. The molecule has 0 saturated heterocycles. The van der Waals surface area contributed by atoms with E-state index in [9.17, 15) is 27.2 Å². The van der Waals surface area contributed by atoms with Crippen LogP contribution in [0.15, 0.2) is 48.7 Å². The Kier molecular flexibility index (Phi) is 6.01. The number of nitrogens with zero attached hydrogens (tertiary/aromatic N) is 3. The second-order valence-corrected chi connectivity index (χ2v) is 8.49. The third-order valence-electron chi connectivity index (χ3n) is 5.88. The van der Waals surface area contributed by atoms with Crippen LogP contribution in [0.1, 0.15) is 35.3 Å². The second-order valence-electron chi connectivity index (χ2n) is 8.49. The molecular weight excluding hydrogens is 454 g/mol. The molecule has 178 valence electrons. The Balaban J connectivity index is 1.59. The van der Waals surface area contributed by atoms with E-state index in [1.807, 2.05) is 0 Å². The Morgan fingerprint density at radius 3 is 2.47 bits per heavy atom. The number of halogens is 4. The van der Waals surface area contributed by atoms with E-state index in [0.717, 1.165) is 12.1 Å². The van der Waals surface area contributed by atoms with Crippen molar-refractivity contribution in [2.75, 3.05) is 14.1 Å². The van der Waals surface area contributed by atoms with Crippen LogP contribution in [0.2, 0.25) is 0 Å². The number of Topliss-reactive ketones (excluding diaryl/α,β-unsaturated/α-hetero) is 1. The molecule has 2 aromatic heterocycles. The van der Waals surface area contributed by atoms with Crippen LogP contribution in [0, 0.1) is 5.41 Å². The molecule has 1 aliphatic carbocycles. The highest BCUT2D eigenvalue weighted by atomic mass is 19.4. The number of carbonyl (C=O) groups excluding carboxylic acids is 2. The first-order valence-corrected chi connectivity index (χ1v) is 10.5. The van der Waals surface area contributed by atoms with Gasteiger partial charge in [-0.15, -0.1) is 0 Å². The number of carbonyl (C=O) groups is 2. The fourth-order valence-electron chi connectivity index (χ4n) is 4.18. The van der Waals surface area contributed by atoms with E-state index in [-0.39, 0.29) is 30.8 Å². The van der Waals surface area contributed by atoms with E-state index in [1.54, 1.807) is 18.2 Å². The first kappa shape index (κ1) is 23.6. The largest absolute Gasteiger partial charge is 0.439 e. The van der Waals surface area contributed by atoms with Crippen LogP contribution >= 0.6 is 0 Å². The third kappa shape index (κ3) is 4.44. The highest BCUT2D eigenvalue weighted by Crippen LogP contribution is 2.43. The van der Waals surface area contributed by atoms with Crippen LogP contribution in [0.4, 0.5) is 17.6 Å². The van der Waals surface area contributed by atoms with E-state index in [1.165, 1.54) is 31.1 Å². The first-order valence-electron chi connectivity index (χ1n) is 10.5. The summed E-state index contributed by atoms with van der Waals surface area (Å²) in [6.07, 6.45) is -4.95. The molecule has 0 aliphatic heterocycles. The maximum atomic E-state index is 14.1. The monoisotopic (exact) mass is 475 g/mol. The molecule has 1 saturated carbocycles. The van der Waals surface area contributed by atoms with Crippen molar-refractivity contribution in [1.82, 2.24) is 14.9 Å². The number of benzene rings is 1. The van der Waals surface area contributed by atoms with Crippen LogP contribution in [0.3, 0.4) is 0 Å². The number of hydrogen-bond donors (Lipinski definition) is 0. The van der Waals surface area contributed by atoms with Gasteiger partial charge < -0.3 is 9.64 Å². The van der Waals surface area contributed by atoms with Crippen molar-refractivity contribution in [3.63, 3.8) is 0 Å². The van der Waals surface area contributed by atoms with Gasteiger partial charge in [-0.2, -0.15) is 13.2 Å². The molecule has 1 unspecified atom stereocenters. The van der Waals surface area contributed by atoms with E-state index in [0.29, 0.717) is 22.8 Å². The minimum atomic E-state index is -4.49. The van der Waals surface area contributed by atoms with Gasteiger partial charge in [0, 0.05) is 38.2 Å². The zero-order valence-electron chi connectivity index (χ0n) is 18.4. The summed E-state index contributed by atoms with van der Waals surface area (Å²) in [5, 5.41) is 0.601. The lowest BCUT2D eigenvalue weighted by Gasteiger charge is -2.28. The quantitative estimate of drug-likeness (QED) is 0.287. The zero-order chi connectivity index (χ0) is 24.7. The van der Waals surface area contributed by atoms with Crippen molar-refractivity contribution in [2.24, 2.45) is 5.41 Å². The summed E-state index contributed by atoms with van der Waals surface area (Å²) in [6.45, 7) is 0. The van der Waals surface area contributed by atoms with Gasteiger partial charge in [-0.05, 0) is 43.2 Å². The minimum absolute atomic E-state index is 0.0155. The lowest BCUT2D eigenvalue weighted by molar-refractivity contribution is -0.138. The summed E-state index contributed by atoms with van der Waals surface area (Å²) < 4.78 is 57.6. The summed E-state index contributed by atoms with van der Waals surface area (Å²) in [6, 6.07) is 9.81. The summed E-state index contributed by atoms with van der Waals surface area (Å²) in [7, 11) is 3.06. The molecule has 34 heavy (non-hydrogen) atoms. The molecule has 10 heteroatoms. The SMILES string of the molecule is CN(C)C(=O)C1(C(=O)c2ccc3cc(Oc4ccc(C(F)(F)F)cn4)ccc3n2)CC[C@@H](F)C1. The van der Waals surface area contributed by atoms with Crippen molar-refractivity contribution in [3.8, 4) is 11.6 Å². The first-order chi connectivity index (χ1) is 16.0. The zero-order valence-corrected chi connectivity index (χ0v) is 18.4. The van der Waals surface area contributed by atoms with E-state index >= 15 is 0 Å². The van der Waals surface area contributed by atoms with Gasteiger partial charge in [0.05, 0.1) is 11.1 Å². The van der Waals surface area contributed by atoms with Crippen LogP contribution in [0.25, 0.3) is 10.9 Å². The molecule has 2 heterocycles. The van der Waals surface area contributed by atoms with E-state index in [4.69, 9.17) is 4.74 Å². The van der Waals surface area contributed by atoms with Crippen molar-refractivity contribution in [3.05, 3.63) is 59.9 Å². The number of pyridine rings is 2. The molecule has 1 aromatic carbocycles. The fourth-order valence-corrected chi connectivity index (χ4v) is 4.18. The topological polar surface area (TPSA) is 72.4 Å². The van der Waals surface area contributed by atoms with Crippen molar-refractivity contribution in [2.45, 2.75) is 31.6 Å². The smallest absolute Gasteiger partial charge is 0.417 e. The van der Waals surface area contributed by atoms with Gasteiger partial charge >= 0.3 is 6.18 Å². The molecule has 4 rings (SSSR count). The van der Waals surface area contributed by atoms with Crippen LogP contribution in [-0.4, -0.2) is 46.8 Å². The van der Waals surface area contributed by atoms with Crippen LogP contribution < -0.4 is 4.74 Å². The molecule has 0 radical (unpaired) electrons. The lowest BCUT2D eigenvalue weighted by atomic mass is 9.78. The van der Waals surface area contributed by atoms with E-state index in [2.05, 4.69) is 9.97 Å². The number of fused-ring (bicyclic) bond motifs is 1. The Morgan fingerprint density at radius 2 is 1.88 bits per heavy atom. The number of ketones is 1. The predicted octanol–water partition coefficient (Wildman–Crippen LogP) is 5.22. The lowest BCUT2D eigenvalue weighted by Crippen LogP contribution is -2.45.